The quantitative estimate of drug-likeness (QED) is 0.494. The van der Waals surface area contributed by atoms with Crippen molar-refractivity contribution in [2.45, 2.75) is 24.7 Å². The summed E-state index contributed by atoms with van der Waals surface area (Å²) in [4.78, 5) is 32.9. The highest BCUT2D eigenvalue weighted by molar-refractivity contribution is 7.89. The molecule has 0 unspecified atom stereocenters. The van der Waals surface area contributed by atoms with Crippen molar-refractivity contribution in [3.63, 3.8) is 0 Å². The van der Waals surface area contributed by atoms with Crippen molar-refractivity contribution in [2.75, 3.05) is 50.8 Å². The molecule has 0 saturated carbocycles. The molecule has 1 aromatic carbocycles. The Labute approximate surface area is 200 Å². The molecule has 0 radical (unpaired) electrons. The van der Waals surface area contributed by atoms with E-state index in [1.54, 1.807) is 25.1 Å². The number of nitrogens with zero attached hydrogens (tertiary/aromatic N) is 3. The standard InChI is InChI=1S/C23H31N5O5S/c1-2-33-23(30)19-6-9-21(26-16-19)28-13-3-12-27(14-15-28)17-22(29)25-11-10-18-4-7-20(8-5-18)34(24,31)32/h4-9,16H,2-3,10-15,17H2,1H3,(H,25,29)(H2,24,31,32). The molecular formula is C23H31N5O5S. The number of sulfonamides is 1. The number of amides is 1. The smallest absolute Gasteiger partial charge is 0.339 e. The lowest BCUT2D eigenvalue weighted by Gasteiger charge is -2.22. The van der Waals surface area contributed by atoms with Crippen LogP contribution in [0, 0.1) is 0 Å². The van der Waals surface area contributed by atoms with Gasteiger partial charge in [-0.15, -0.1) is 0 Å². The van der Waals surface area contributed by atoms with Gasteiger partial charge in [-0.1, -0.05) is 12.1 Å². The first-order valence-corrected chi connectivity index (χ1v) is 12.8. The summed E-state index contributed by atoms with van der Waals surface area (Å²) in [6.07, 6.45) is 3.02. The number of rotatable bonds is 9. The molecule has 11 heteroatoms. The van der Waals surface area contributed by atoms with Crippen LogP contribution in [0.3, 0.4) is 0 Å². The zero-order chi connectivity index (χ0) is 24.6. The van der Waals surface area contributed by atoms with Crippen molar-refractivity contribution in [1.82, 2.24) is 15.2 Å². The van der Waals surface area contributed by atoms with Crippen LogP contribution >= 0.6 is 0 Å². The van der Waals surface area contributed by atoms with Gasteiger partial charge in [0.25, 0.3) is 0 Å². The Balaban J connectivity index is 1.42. The number of ether oxygens (including phenoxy) is 1. The zero-order valence-electron chi connectivity index (χ0n) is 19.3. The number of carbonyl (C=O) groups excluding carboxylic acids is 2. The Morgan fingerprint density at radius 2 is 1.85 bits per heavy atom. The van der Waals surface area contributed by atoms with Crippen molar-refractivity contribution in [3.8, 4) is 0 Å². The van der Waals surface area contributed by atoms with Gasteiger partial charge in [0.05, 0.1) is 23.6 Å². The number of nitrogens with one attached hydrogen (secondary N) is 1. The lowest BCUT2D eigenvalue weighted by molar-refractivity contribution is -0.122. The van der Waals surface area contributed by atoms with E-state index in [4.69, 9.17) is 9.88 Å². The molecule has 1 aromatic heterocycles. The van der Waals surface area contributed by atoms with E-state index in [0.29, 0.717) is 31.7 Å². The fourth-order valence-electron chi connectivity index (χ4n) is 3.72. The third-order valence-electron chi connectivity index (χ3n) is 5.53. The average Bonchev–Trinajstić information content (AvgIpc) is 3.04. The maximum atomic E-state index is 12.4. The molecule has 1 amide bonds. The third-order valence-corrected chi connectivity index (χ3v) is 6.46. The lowest BCUT2D eigenvalue weighted by Crippen LogP contribution is -2.40. The summed E-state index contributed by atoms with van der Waals surface area (Å²) in [6, 6.07) is 9.87. The molecular weight excluding hydrogens is 458 g/mol. The van der Waals surface area contributed by atoms with Crippen molar-refractivity contribution >= 4 is 27.7 Å². The molecule has 1 aliphatic rings. The van der Waals surface area contributed by atoms with Gasteiger partial charge in [0.1, 0.15) is 5.82 Å². The molecule has 1 aliphatic heterocycles. The van der Waals surface area contributed by atoms with Crippen molar-refractivity contribution in [3.05, 3.63) is 53.7 Å². The van der Waals surface area contributed by atoms with Gasteiger partial charge in [0.2, 0.25) is 15.9 Å². The molecule has 0 spiro atoms. The van der Waals surface area contributed by atoms with E-state index in [1.807, 2.05) is 6.07 Å². The van der Waals surface area contributed by atoms with E-state index in [2.05, 4.69) is 20.1 Å². The van der Waals surface area contributed by atoms with Gasteiger partial charge in [-0.3, -0.25) is 9.69 Å². The number of hydrogen-bond acceptors (Lipinski definition) is 8. The van der Waals surface area contributed by atoms with Crippen LogP contribution in [0.5, 0.6) is 0 Å². The fraction of sp³-hybridized carbons (Fsp3) is 0.435. The highest BCUT2D eigenvalue weighted by atomic mass is 32.2. The van der Waals surface area contributed by atoms with E-state index in [1.165, 1.54) is 18.3 Å². The van der Waals surface area contributed by atoms with Gasteiger partial charge >= 0.3 is 5.97 Å². The van der Waals surface area contributed by atoms with Crippen LogP contribution < -0.4 is 15.4 Å². The van der Waals surface area contributed by atoms with Crippen LogP contribution in [0.2, 0.25) is 0 Å². The van der Waals surface area contributed by atoms with E-state index in [0.717, 1.165) is 44.0 Å². The number of aromatic nitrogens is 1. The van der Waals surface area contributed by atoms with Crippen LogP contribution in [0.15, 0.2) is 47.5 Å². The minimum absolute atomic E-state index is 0.0495. The fourth-order valence-corrected chi connectivity index (χ4v) is 4.23. The van der Waals surface area contributed by atoms with E-state index in [-0.39, 0.29) is 16.8 Å². The zero-order valence-corrected chi connectivity index (χ0v) is 20.1. The molecule has 1 fully saturated rings. The highest BCUT2D eigenvalue weighted by Crippen LogP contribution is 2.15. The predicted octanol–water partition coefficient (Wildman–Crippen LogP) is 0.777. The molecule has 3 N–H and O–H groups in total. The van der Waals surface area contributed by atoms with Crippen molar-refractivity contribution in [2.24, 2.45) is 5.14 Å². The van der Waals surface area contributed by atoms with Gasteiger partial charge in [-0.05, 0) is 49.6 Å². The van der Waals surface area contributed by atoms with E-state index in [9.17, 15) is 18.0 Å². The number of carbonyl (C=O) groups is 2. The largest absolute Gasteiger partial charge is 0.462 e. The second kappa shape index (κ2) is 11.9. The Hall–Kier alpha value is -3.02. The summed E-state index contributed by atoms with van der Waals surface area (Å²) in [5.74, 6) is 0.370. The maximum absolute atomic E-state index is 12.4. The second-order valence-electron chi connectivity index (χ2n) is 8.03. The number of primary sulfonamides is 1. The van der Waals surface area contributed by atoms with E-state index < -0.39 is 10.0 Å². The second-order valence-corrected chi connectivity index (χ2v) is 9.59. The monoisotopic (exact) mass is 489 g/mol. The van der Waals surface area contributed by atoms with Crippen LogP contribution in [0.25, 0.3) is 0 Å². The molecule has 2 aromatic rings. The molecule has 34 heavy (non-hydrogen) atoms. The van der Waals surface area contributed by atoms with Crippen LogP contribution in [0.1, 0.15) is 29.3 Å². The first-order valence-electron chi connectivity index (χ1n) is 11.2. The molecule has 2 heterocycles. The number of nitrogens with two attached hydrogens (primary N) is 1. The average molecular weight is 490 g/mol. The van der Waals surface area contributed by atoms with Crippen LogP contribution in [0.4, 0.5) is 5.82 Å². The molecule has 1 saturated heterocycles. The predicted molar refractivity (Wildman–Crippen MR) is 128 cm³/mol. The van der Waals surface area contributed by atoms with Crippen molar-refractivity contribution in [1.29, 1.82) is 0 Å². The first-order chi connectivity index (χ1) is 16.3. The Kier molecular flexibility index (Phi) is 8.97. The van der Waals surface area contributed by atoms with Crippen molar-refractivity contribution < 1.29 is 22.7 Å². The summed E-state index contributed by atoms with van der Waals surface area (Å²) >= 11 is 0. The maximum Gasteiger partial charge on any atom is 0.339 e. The van der Waals surface area contributed by atoms with Gasteiger partial charge in [-0.2, -0.15) is 0 Å². The third kappa shape index (κ3) is 7.51. The lowest BCUT2D eigenvalue weighted by atomic mass is 10.1. The summed E-state index contributed by atoms with van der Waals surface area (Å²) in [7, 11) is -3.70. The van der Waals surface area contributed by atoms with Gasteiger partial charge in [0.15, 0.2) is 0 Å². The van der Waals surface area contributed by atoms with Gasteiger partial charge in [-0.25, -0.2) is 23.3 Å². The van der Waals surface area contributed by atoms with E-state index >= 15 is 0 Å². The minimum Gasteiger partial charge on any atom is -0.462 e. The summed E-state index contributed by atoms with van der Waals surface area (Å²) < 4.78 is 27.6. The van der Waals surface area contributed by atoms with Crippen LogP contribution in [-0.4, -0.2) is 76.1 Å². The summed E-state index contributed by atoms with van der Waals surface area (Å²) in [6.45, 7) is 5.94. The molecule has 10 nitrogen and oxygen atoms in total. The molecule has 0 bridgehead atoms. The Morgan fingerprint density at radius 1 is 1.09 bits per heavy atom. The summed E-state index contributed by atoms with van der Waals surface area (Å²) in [5, 5.41) is 8.02. The van der Waals surface area contributed by atoms with Gasteiger partial charge < -0.3 is 15.0 Å². The first kappa shape index (κ1) is 25.6. The molecule has 3 rings (SSSR count). The number of pyridine rings is 1. The Bertz CT molecular complexity index is 1070. The topological polar surface area (TPSA) is 135 Å². The molecule has 184 valence electrons. The van der Waals surface area contributed by atoms with Crippen LogP contribution in [-0.2, 0) is 26.0 Å². The summed E-state index contributed by atoms with van der Waals surface area (Å²) in [5.41, 5.74) is 1.35. The molecule has 0 aliphatic carbocycles. The number of anilines is 1. The minimum atomic E-state index is -3.70. The normalized spacial score (nSPS) is 14.9. The van der Waals surface area contributed by atoms with Gasteiger partial charge in [0, 0.05) is 38.9 Å². The SMILES string of the molecule is CCOC(=O)c1ccc(N2CCCN(CC(=O)NCCc3ccc(S(N)(=O)=O)cc3)CC2)nc1. The number of esters is 1. The highest BCUT2D eigenvalue weighted by Gasteiger charge is 2.18. The number of benzene rings is 1. The number of hydrogen-bond donors (Lipinski definition) is 2. The molecule has 0 atom stereocenters. The Morgan fingerprint density at radius 3 is 2.50 bits per heavy atom.